The van der Waals surface area contributed by atoms with Gasteiger partial charge < -0.3 is 10.6 Å². The molecule has 0 saturated carbocycles. The van der Waals surface area contributed by atoms with E-state index in [1.165, 1.54) is 6.20 Å². The van der Waals surface area contributed by atoms with Gasteiger partial charge in [0.25, 0.3) is 11.8 Å². The Balaban J connectivity index is 1.91. The van der Waals surface area contributed by atoms with Crippen LogP contribution < -0.4 is 5.73 Å². The molecule has 1 fully saturated rings. The zero-order valence-electron chi connectivity index (χ0n) is 11.5. The van der Waals surface area contributed by atoms with Crippen molar-refractivity contribution in [1.82, 2.24) is 15.1 Å². The molecular weight excluding hydrogens is 268 g/mol. The molecule has 2 heterocycles. The average Bonchev–Trinajstić information content (AvgIpc) is 3.15. The summed E-state index contributed by atoms with van der Waals surface area (Å²) >= 11 is 0. The maximum Gasteiger partial charge on any atom is 0.254 e. The molecule has 2 amide bonds. The molecule has 1 saturated heterocycles. The van der Waals surface area contributed by atoms with Crippen LogP contribution in [0.5, 0.6) is 0 Å². The minimum atomic E-state index is -0.530. The summed E-state index contributed by atoms with van der Waals surface area (Å²) in [4.78, 5) is 25.8. The van der Waals surface area contributed by atoms with E-state index in [4.69, 9.17) is 5.73 Å². The zero-order valence-corrected chi connectivity index (χ0v) is 11.5. The Bertz CT molecular complexity index is 665. The maximum atomic E-state index is 12.6. The minimum Gasteiger partial charge on any atom is -0.365 e. The molecule has 1 atom stereocenters. The summed E-state index contributed by atoms with van der Waals surface area (Å²) in [7, 11) is 0. The Hall–Kier alpha value is -2.63. The fourth-order valence-electron chi connectivity index (χ4n) is 2.80. The number of nitrogens with one attached hydrogen (secondary N) is 1. The van der Waals surface area contributed by atoms with Crippen molar-refractivity contribution in [1.29, 1.82) is 0 Å². The number of carbonyl (C=O) groups is 2. The number of nitrogens with zero attached hydrogens (tertiary/aromatic N) is 2. The second kappa shape index (κ2) is 5.40. The SMILES string of the molecule is NC(=O)c1cn[nH]c1[C@@H]1CCCN1C(=O)c1ccccc1. The van der Waals surface area contributed by atoms with E-state index in [9.17, 15) is 9.59 Å². The standard InChI is InChI=1S/C15H16N4O2/c16-14(20)11-9-17-18-13(11)12-7-4-8-19(12)15(21)10-5-2-1-3-6-10/h1-3,5-6,9,12H,4,7-8H2,(H2,16,20)(H,17,18)/t12-/m0/s1. The van der Waals surface area contributed by atoms with Crippen LogP contribution in [0.3, 0.4) is 0 Å². The third-order valence-corrected chi connectivity index (χ3v) is 3.80. The van der Waals surface area contributed by atoms with Crippen LogP contribution in [0.4, 0.5) is 0 Å². The van der Waals surface area contributed by atoms with Gasteiger partial charge in [0.2, 0.25) is 0 Å². The van der Waals surface area contributed by atoms with Crippen LogP contribution in [0.2, 0.25) is 0 Å². The van der Waals surface area contributed by atoms with Gasteiger partial charge in [-0.1, -0.05) is 18.2 Å². The number of nitrogens with two attached hydrogens (primary N) is 1. The van der Waals surface area contributed by atoms with Crippen LogP contribution >= 0.6 is 0 Å². The molecule has 0 bridgehead atoms. The number of aromatic nitrogens is 2. The fraction of sp³-hybridized carbons (Fsp3) is 0.267. The third kappa shape index (κ3) is 2.40. The van der Waals surface area contributed by atoms with Gasteiger partial charge >= 0.3 is 0 Å². The summed E-state index contributed by atoms with van der Waals surface area (Å²) in [5, 5.41) is 6.71. The summed E-state index contributed by atoms with van der Waals surface area (Å²) in [6.45, 7) is 0.662. The van der Waals surface area contributed by atoms with Crippen LogP contribution in [0.25, 0.3) is 0 Å². The number of rotatable bonds is 3. The van der Waals surface area contributed by atoms with Gasteiger partial charge in [-0.15, -0.1) is 0 Å². The van der Waals surface area contributed by atoms with Crippen molar-refractivity contribution in [3.8, 4) is 0 Å². The molecule has 0 unspecified atom stereocenters. The van der Waals surface area contributed by atoms with Crippen LogP contribution in [0, 0.1) is 0 Å². The molecular formula is C15H16N4O2. The third-order valence-electron chi connectivity index (χ3n) is 3.80. The highest BCUT2D eigenvalue weighted by Gasteiger charge is 2.33. The van der Waals surface area contributed by atoms with Crippen molar-refractivity contribution in [3.63, 3.8) is 0 Å². The largest absolute Gasteiger partial charge is 0.365 e. The normalized spacial score (nSPS) is 17.9. The van der Waals surface area contributed by atoms with Gasteiger partial charge in [-0.3, -0.25) is 14.7 Å². The molecule has 1 aromatic carbocycles. The first-order chi connectivity index (χ1) is 10.2. The second-order valence-corrected chi connectivity index (χ2v) is 5.08. The summed E-state index contributed by atoms with van der Waals surface area (Å²) < 4.78 is 0. The van der Waals surface area contributed by atoms with Gasteiger partial charge in [-0.05, 0) is 25.0 Å². The Labute approximate surface area is 121 Å². The summed E-state index contributed by atoms with van der Waals surface area (Å²) in [5.74, 6) is -0.569. The molecule has 1 aliphatic heterocycles. The molecule has 2 aromatic rings. The Kier molecular flexibility index (Phi) is 3.43. The number of primary amides is 1. The number of aromatic amines is 1. The highest BCUT2D eigenvalue weighted by atomic mass is 16.2. The molecule has 1 aliphatic rings. The molecule has 3 rings (SSSR count). The van der Waals surface area contributed by atoms with Gasteiger partial charge in [0.15, 0.2) is 0 Å². The Morgan fingerprint density at radius 3 is 2.76 bits per heavy atom. The molecule has 1 aromatic heterocycles. The molecule has 6 nitrogen and oxygen atoms in total. The molecule has 108 valence electrons. The zero-order chi connectivity index (χ0) is 14.8. The van der Waals surface area contributed by atoms with Crippen molar-refractivity contribution in [3.05, 3.63) is 53.3 Å². The lowest BCUT2D eigenvalue weighted by Gasteiger charge is -2.24. The minimum absolute atomic E-state index is 0.0388. The lowest BCUT2D eigenvalue weighted by molar-refractivity contribution is 0.0730. The van der Waals surface area contributed by atoms with Gasteiger partial charge in [0.1, 0.15) is 0 Å². The smallest absolute Gasteiger partial charge is 0.254 e. The van der Waals surface area contributed by atoms with Crippen LogP contribution in [0.15, 0.2) is 36.5 Å². The van der Waals surface area contributed by atoms with Crippen LogP contribution in [0.1, 0.15) is 45.3 Å². The van der Waals surface area contributed by atoms with Crippen molar-refractivity contribution in [2.24, 2.45) is 5.73 Å². The van der Waals surface area contributed by atoms with E-state index in [1.807, 2.05) is 18.2 Å². The van der Waals surface area contributed by atoms with Crippen molar-refractivity contribution in [2.45, 2.75) is 18.9 Å². The first-order valence-corrected chi connectivity index (χ1v) is 6.87. The highest BCUT2D eigenvalue weighted by molar-refractivity contribution is 5.96. The molecule has 6 heteroatoms. The van der Waals surface area contributed by atoms with Crippen molar-refractivity contribution < 1.29 is 9.59 Å². The predicted octanol–water partition coefficient (Wildman–Crippen LogP) is 1.49. The van der Waals surface area contributed by atoms with E-state index in [0.29, 0.717) is 23.4 Å². The Morgan fingerprint density at radius 1 is 1.29 bits per heavy atom. The van der Waals surface area contributed by atoms with E-state index in [1.54, 1.807) is 17.0 Å². The number of carbonyl (C=O) groups excluding carboxylic acids is 2. The average molecular weight is 284 g/mol. The van der Waals surface area contributed by atoms with Crippen LogP contribution in [-0.2, 0) is 0 Å². The summed E-state index contributed by atoms with van der Waals surface area (Å²) in [6.07, 6.45) is 3.10. The van der Waals surface area contributed by atoms with E-state index in [-0.39, 0.29) is 11.9 Å². The number of hydrogen-bond acceptors (Lipinski definition) is 3. The molecule has 0 spiro atoms. The van der Waals surface area contributed by atoms with E-state index >= 15 is 0 Å². The molecule has 0 radical (unpaired) electrons. The van der Waals surface area contributed by atoms with Gasteiger partial charge in [0.05, 0.1) is 23.5 Å². The Morgan fingerprint density at radius 2 is 2.05 bits per heavy atom. The van der Waals surface area contributed by atoms with E-state index in [0.717, 1.165) is 12.8 Å². The number of H-pyrrole nitrogens is 1. The van der Waals surface area contributed by atoms with E-state index in [2.05, 4.69) is 10.2 Å². The number of amides is 2. The second-order valence-electron chi connectivity index (χ2n) is 5.08. The highest BCUT2D eigenvalue weighted by Crippen LogP contribution is 2.33. The lowest BCUT2D eigenvalue weighted by Crippen LogP contribution is -2.31. The molecule has 0 aliphatic carbocycles. The predicted molar refractivity (Wildman–Crippen MR) is 76.6 cm³/mol. The number of likely N-dealkylation sites (tertiary alicyclic amines) is 1. The maximum absolute atomic E-state index is 12.6. The van der Waals surface area contributed by atoms with Crippen LogP contribution in [-0.4, -0.2) is 33.5 Å². The summed E-state index contributed by atoms with van der Waals surface area (Å²) in [6, 6.07) is 8.95. The van der Waals surface area contributed by atoms with Gasteiger partial charge in [0, 0.05) is 12.1 Å². The monoisotopic (exact) mass is 284 g/mol. The molecule has 3 N–H and O–H groups in total. The topological polar surface area (TPSA) is 92.1 Å². The molecule has 21 heavy (non-hydrogen) atoms. The van der Waals surface area contributed by atoms with Gasteiger partial charge in [-0.25, -0.2) is 0 Å². The first-order valence-electron chi connectivity index (χ1n) is 6.87. The first kappa shape index (κ1) is 13.4. The van der Waals surface area contributed by atoms with Gasteiger partial charge in [-0.2, -0.15) is 5.10 Å². The lowest BCUT2D eigenvalue weighted by atomic mass is 10.1. The number of benzene rings is 1. The van der Waals surface area contributed by atoms with Crippen molar-refractivity contribution in [2.75, 3.05) is 6.54 Å². The fourth-order valence-corrected chi connectivity index (χ4v) is 2.80. The quantitative estimate of drug-likeness (QED) is 0.894. The van der Waals surface area contributed by atoms with Crippen molar-refractivity contribution >= 4 is 11.8 Å². The summed E-state index contributed by atoms with van der Waals surface area (Å²) in [5.41, 5.74) is 6.98. The number of hydrogen-bond donors (Lipinski definition) is 2. The van der Waals surface area contributed by atoms with E-state index < -0.39 is 5.91 Å².